The van der Waals surface area contributed by atoms with E-state index in [4.69, 9.17) is 4.74 Å². The summed E-state index contributed by atoms with van der Waals surface area (Å²) in [5, 5.41) is 10.4. The average Bonchev–Trinajstić information content (AvgIpc) is 2.87. The zero-order chi connectivity index (χ0) is 22.1. The van der Waals surface area contributed by atoms with Crippen LogP contribution < -0.4 is 4.74 Å². The normalized spacial score (nSPS) is 15.2. The molecular weight excluding hydrogens is 394 g/mol. The van der Waals surface area contributed by atoms with E-state index in [-0.39, 0.29) is 0 Å². The molecule has 1 aliphatic heterocycles. The van der Waals surface area contributed by atoms with Crippen LogP contribution in [0.1, 0.15) is 17.5 Å². The minimum Gasteiger partial charge on any atom is -0.492 e. The van der Waals surface area contributed by atoms with Gasteiger partial charge in [-0.3, -0.25) is 4.90 Å². The fourth-order valence-corrected chi connectivity index (χ4v) is 4.46. The molecule has 1 heterocycles. The van der Waals surface area contributed by atoms with Crippen LogP contribution in [0.5, 0.6) is 5.75 Å². The number of nitriles is 1. The van der Waals surface area contributed by atoms with E-state index in [1.165, 1.54) is 0 Å². The Hall–Kier alpha value is -3.13. The maximum absolute atomic E-state index is 10.4. The van der Waals surface area contributed by atoms with Crippen molar-refractivity contribution < 1.29 is 4.74 Å². The first-order chi connectivity index (χ1) is 15.8. The Kier molecular flexibility index (Phi) is 7.55. The molecule has 1 aliphatic rings. The highest BCUT2D eigenvalue weighted by molar-refractivity contribution is 5.45. The van der Waals surface area contributed by atoms with Crippen LogP contribution in [0.2, 0.25) is 0 Å². The Bertz CT molecular complexity index is 938. The third-order valence-corrected chi connectivity index (χ3v) is 6.41. The number of ether oxygens (including phenoxy) is 1. The highest BCUT2D eigenvalue weighted by Crippen LogP contribution is 2.35. The molecule has 1 fully saturated rings. The first kappa shape index (κ1) is 22.1. The molecule has 0 amide bonds. The summed E-state index contributed by atoms with van der Waals surface area (Å²) in [6.07, 6.45) is 0.786. The molecule has 0 atom stereocenters. The van der Waals surface area contributed by atoms with Gasteiger partial charge in [0, 0.05) is 39.3 Å². The molecule has 0 unspecified atom stereocenters. The molecule has 32 heavy (non-hydrogen) atoms. The molecule has 0 N–H and O–H groups in total. The molecule has 3 aromatic rings. The quantitative estimate of drug-likeness (QED) is 0.503. The molecule has 0 radical (unpaired) electrons. The summed E-state index contributed by atoms with van der Waals surface area (Å²) in [4.78, 5) is 4.96. The number of benzene rings is 3. The van der Waals surface area contributed by atoms with Crippen molar-refractivity contribution in [3.63, 3.8) is 0 Å². The predicted molar refractivity (Wildman–Crippen MR) is 129 cm³/mol. The first-order valence-corrected chi connectivity index (χ1v) is 11.4. The molecule has 0 aromatic heterocycles. The van der Waals surface area contributed by atoms with Crippen LogP contribution in [0, 0.1) is 11.3 Å². The molecule has 0 saturated carbocycles. The van der Waals surface area contributed by atoms with Gasteiger partial charge < -0.3 is 9.64 Å². The third kappa shape index (κ3) is 5.37. The van der Waals surface area contributed by atoms with Crippen LogP contribution in [0.3, 0.4) is 0 Å². The van der Waals surface area contributed by atoms with E-state index in [1.54, 1.807) is 0 Å². The molecule has 4 heteroatoms. The van der Waals surface area contributed by atoms with Crippen molar-refractivity contribution in [2.45, 2.75) is 11.8 Å². The van der Waals surface area contributed by atoms with E-state index in [9.17, 15) is 5.26 Å². The lowest BCUT2D eigenvalue weighted by Gasteiger charge is -2.37. The zero-order valence-corrected chi connectivity index (χ0v) is 18.6. The lowest BCUT2D eigenvalue weighted by atomic mass is 9.73. The van der Waals surface area contributed by atoms with Crippen molar-refractivity contribution >= 4 is 0 Å². The van der Waals surface area contributed by atoms with E-state index < -0.39 is 5.41 Å². The summed E-state index contributed by atoms with van der Waals surface area (Å²) in [6, 6.07) is 33.2. The monoisotopic (exact) mass is 425 g/mol. The molecule has 3 aromatic carbocycles. The minimum absolute atomic E-state index is 0.622. The van der Waals surface area contributed by atoms with Crippen LogP contribution >= 0.6 is 0 Å². The van der Waals surface area contributed by atoms with Gasteiger partial charge in [0.1, 0.15) is 17.8 Å². The maximum atomic E-state index is 10.4. The molecule has 0 spiro atoms. The molecule has 1 saturated heterocycles. The standard InChI is InChI=1S/C28H31N3O/c29-24-28(25-10-4-1-5-11-25,26-12-6-2-7-13-26)16-17-30-18-20-31(21-19-30)22-23-32-27-14-8-3-9-15-27/h1-15H,16-23H2. The van der Waals surface area contributed by atoms with Crippen molar-refractivity contribution in [3.05, 3.63) is 102 Å². The number of hydrogen-bond acceptors (Lipinski definition) is 4. The lowest BCUT2D eigenvalue weighted by molar-refractivity contribution is 0.114. The van der Waals surface area contributed by atoms with Crippen LogP contribution in [-0.2, 0) is 5.41 Å². The van der Waals surface area contributed by atoms with Gasteiger partial charge in [0.15, 0.2) is 0 Å². The van der Waals surface area contributed by atoms with Gasteiger partial charge in [-0.1, -0.05) is 78.9 Å². The number of nitrogens with zero attached hydrogens (tertiary/aromatic N) is 3. The Balaban J connectivity index is 1.32. The van der Waals surface area contributed by atoms with Crippen molar-refractivity contribution in [1.29, 1.82) is 5.26 Å². The Morgan fingerprint density at radius 3 is 1.66 bits per heavy atom. The Morgan fingerprint density at radius 1 is 0.688 bits per heavy atom. The van der Waals surface area contributed by atoms with Crippen molar-refractivity contribution in [1.82, 2.24) is 9.80 Å². The van der Waals surface area contributed by atoms with Gasteiger partial charge in [0.25, 0.3) is 0 Å². The molecule has 0 aliphatic carbocycles. The summed E-state index contributed by atoms with van der Waals surface area (Å²) >= 11 is 0. The van der Waals surface area contributed by atoms with E-state index in [2.05, 4.69) is 40.1 Å². The van der Waals surface area contributed by atoms with Gasteiger partial charge in [0.2, 0.25) is 0 Å². The summed E-state index contributed by atoms with van der Waals surface area (Å²) in [5.74, 6) is 0.931. The second kappa shape index (κ2) is 10.9. The van der Waals surface area contributed by atoms with E-state index in [1.807, 2.05) is 66.7 Å². The van der Waals surface area contributed by atoms with Crippen LogP contribution in [0.25, 0.3) is 0 Å². The van der Waals surface area contributed by atoms with Crippen molar-refractivity contribution in [2.75, 3.05) is 45.9 Å². The SMILES string of the molecule is N#CC(CCN1CCN(CCOc2ccccc2)CC1)(c1ccccc1)c1ccccc1. The van der Waals surface area contributed by atoms with Gasteiger partial charge in [-0.2, -0.15) is 5.26 Å². The highest BCUT2D eigenvalue weighted by atomic mass is 16.5. The van der Waals surface area contributed by atoms with Crippen molar-refractivity contribution in [3.8, 4) is 11.8 Å². The van der Waals surface area contributed by atoms with Gasteiger partial charge in [-0.25, -0.2) is 0 Å². The van der Waals surface area contributed by atoms with E-state index in [0.717, 1.165) is 62.6 Å². The van der Waals surface area contributed by atoms with Gasteiger partial charge in [-0.15, -0.1) is 0 Å². The van der Waals surface area contributed by atoms with Crippen LogP contribution in [-0.4, -0.2) is 55.7 Å². The number of para-hydroxylation sites is 1. The van der Waals surface area contributed by atoms with E-state index >= 15 is 0 Å². The topological polar surface area (TPSA) is 39.5 Å². The molecule has 4 nitrogen and oxygen atoms in total. The maximum Gasteiger partial charge on any atom is 0.119 e. The fourth-order valence-electron chi connectivity index (χ4n) is 4.46. The van der Waals surface area contributed by atoms with Gasteiger partial charge in [-0.05, 0) is 29.7 Å². The summed E-state index contributed by atoms with van der Waals surface area (Å²) in [7, 11) is 0. The molecule has 164 valence electrons. The Morgan fingerprint density at radius 2 is 1.16 bits per heavy atom. The van der Waals surface area contributed by atoms with Crippen molar-refractivity contribution in [2.24, 2.45) is 0 Å². The van der Waals surface area contributed by atoms with Crippen LogP contribution in [0.4, 0.5) is 0 Å². The second-order valence-electron chi connectivity index (χ2n) is 8.34. The fraction of sp³-hybridized carbons (Fsp3) is 0.321. The number of hydrogen-bond donors (Lipinski definition) is 0. The first-order valence-electron chi connectivity index (χ1n) is 11.4. The molecular formula is C28H31N3O. The predicted octanol–water partition coefficient (Wildman–Crippen LogP) is 4.58. The molecule has 4 rings (SSSR count). The Labute approximate surface area is 191 Å². The lowest BCUT2D eigenvalue weighted by Crippen LogP contribution is -2.48. The van der Waals surface area contributed by atoms with Gasteiger partial charge in [0.05, 0.1) is 6.07 Å². The largest absolute Gasteiger partial charge is 0.492 e. The number of rotatable bonds is 9. The minimum atomic E-state index is -0.622. The van der Waals surface area contributed by atoms with Gasteiger partial charge >= 0.3 is 0 Å². The second-order valence-corrected chi connectivity index (χ2v) is 8.34. The summed E-state index contributed by atoms with van der Waals surface area (Å²) in [5.41, 5.74) is 1.53. The van der Waals surface area contributed by atoms with E-state index in [0.29, 0.717) is 6.61 Å². The van der Waals surface area contributed by atoms with Crippen LogP contribution in [0.15, 0.2) is 91.0 Å². The average molecular weight is 426 g/mol. The molecule has 0 bridgehead atoms. The zero-order valence-electron chi connectivity index (χ0n) is 18.6. The summed E-state index contributed by atoms with van der Waals surface area (Å²) in [6.45, 7) is 6.68. The summed E-state index contributed by atoms with van der Waals surface area (Å²) < 4.78 is 5.85. The smallest absolute Gasteiger partial charge is 0.119 e. The number of piperazine rings is 1. The highest BCUT2D eigenvalue weighted by Gasteiger charge is 2.35. The third-order valence-electron chi connectivity index (χ3n) is 6.41.